The van der Waals surface area contributed by atoms with Crippen molar-refractivity contribution in [3.8, 4) is 6.01 Å². The summed E-state index contributed by atoms with van der Waals surface area (Å²) in [6, 6.07) is 10.5. The van der Waals surface area contributed by atoms with Gasteiger partial charge in [0.05, 0.1) is 11.4 Å². The van der Waals surface area contributed by atoms with Gasteiger partial charge >= 0.3 is 6.01 Å². The van der Waals surface area contributed by atoms with Crippen LogP contribution in [-0.2, 0) is 20.2 Å². The lowest BCUT2D eigenvalue weighted by molar-refractivity contribution is 0.422. The van der Waals surface area contributed by atoms with Crippen molar-refractivity contribution in [2.24, 2.45) is 10.2 Å². The van der Waals surface area contributed by atoms with Crippen molar-refractivity contribution in [1.82, 2.24) is 15.0 Å². The number of nitrogens with zero attached hydrogens (tertiary/aromatic N) is 5. The van der Waals surface area contributed by atoms with Crippen molar-refractivity contribution in [3.05, 3.63) is 54.1 Å². The number of aromatic hydroxyl groups is 1. The van der Waals surface area contributed by atoms with E-state index in [1.54, 1.807) is 25.1 Å². The molecule has 3 aromatic carbocycles. The Morgan fingerprint density at radius 2 is 1.64 bits per heavy atom. The third-order valence-corrected chi connectivity index (χ3v) is 8.08. The zero-order chi connectivity index (χ0) is 28.4. The summed E-state index contributed by atoms with van der Waals surface area (Å²) in [7, 11) is -9.48. The zero-order valence-electron chi connectivity index (χ0n) is 20.5. The molecule has 39 heavy (non-hydrogen) atoms. The first kappa shape index (κ1) is 28.3. The van der Waals surface area contributed by atoms with Crippen LogP contribution in [0.5, 0.6) is 6.01 Å². The molecule has 0 atom stereocenters. The Labute approximate surface area is 228 Å². The van der Waals surface area contributed by atoms with Crippen LogP contribution in [-0.4, -0.2) is 51.8 Å². The molecule has 0 amide bonds. The number of azo groups is 1. The average Bonchev–Trinajstić information content (AvgIpc) is 2.84. The van der Waals surface area contributed by atoms with Crippen molar-refractivity contribution in [2.45, 2.75) is 35.2 Å². The molecule has 204 valence electrons. The third kappa shape index (κ3) is 6.85. The average molecular weight is 591 g/mol. The maximum absolute atomic E-state index is 12.0. The number of thioether (sulfide) groups is 1. The number of aromatic nitrogens is 3. The fourth-order valence-electron chi connectivity index (χ4n) is 3.55. The monoisotopic (exact) mass is 590 g/mol. The van der Waals surface area contributed by atoms with Crippen LogP contribution >= 0.6 is 11.8 Å². The predicted octanol–water partition coefficient (Wildman–Crippen LogP) is 5.19. The van der Waals surface area contributed by atoms with Crippen molar-refractivity contribution in [1.29, 1.82) is 0 Å². The molecule has 16 heteroatoms. The van der Waals surface area contributed by atoms with Crippen molar-refractivity contribution < 1.29 is 31.0 Å². The van der Waals surface area contributed by atoms with E-state index < -0.39 is 36.0 Å². The number of rotatable bonds is 9. The number of anilines is 2. The zero-order valence-corrected chi connectivity index (χ0v) is 22.9. The minimum absolute atomic E-state index is 0.0782. The maximum Gasteiger partial charge on any atom is 0.319 e. The smallest absolute Gasteiger partial charge is 0.319 e. The number of hydrogen-bond donors (Lipinski definition) is 4. The molecular formula is C23H22N6O7S3. The number of benzene rings is 3. The predicted molar refractivity (Wildman–Crippen MR) is 145 cm³/mol. The van der Waals surface area contributed by atoms with E-state index in [2.05, 4.69) is 30.5 Å². The molecule has 0 aliphatic carbocycles. The Kier molecular flexibility index (Phi) is 8.12. The Morgan fingerprint density at radius 1 is 0.897 bits per heavy atom. The normalized spacial score (nSPS) is 12.3. The van der Waals surface area contributed by atoms with Gasteiger partial charge in [0.15, 0.2) is 5.16 Å². The molecule has 13 nitrogen and oxygen atoms in total. The molecule has 4 N–H and O–H groups in total. The standard InChI is InChI=1S/C23H22N6O7S3/c1-3-9-37-23-26-21(25-22(30)27-23)24-14-7-8-18(13(2)10-14)29-28-15-11-17-16(20(12-15)39(34,35)36)5-4-6-19(17)38(31,32)33/h4-8,10-12H,3,9H2,1-2H3,(H,31,32,33)(H,34,35,36)(H2,24,25,26,27,30)/b29-28+. The summed E-state index contributed by atoms with van der Waals surface area (Å²) >= 11 is 1.38. The van der Waals surface area contributed by atoms with Crippen LogP contribution in [0, 0.1) is 6.92 Å². The van der Waals surface area contributed by atoms with Gasteiger partial charge in [-0.3, -0.25) is 9.11 Å². The molecule has 0 aliphatic heterocycles. The highest BCUT2D eigenvalue weighted by molar-refractivity contribution is 7.99. The molecule has 0 unspecified atom stereocenters. The lowest BCUT2D eigenvalue weighted by Gasteiger charge is -2.09. The second-order valence-electron chi connectivity index (χ2n) is 8.16. The molecular weight excluding hydrogens is 568 g/mol. The highest BCUT2D eigenvalue weighted by atomic mass is 32.2. The van der Waals surface area contributed by atoms with Crippen LogP contribution in [0.1, 0.15) is 18.9 Å². The molecule has 0 bridgehead atoms. The van der Waals surface area contributed by atoms with Gasteiger partial charge in [-0.05, 0) is 55.3 Å². The Hall–Kier alpha value is -3.70. The van der Waals surface area contributed by atoms with Gasteiger partial charge in [-0.2, -0.15) is 42.0 Å². The molecule has 1 heterocycles. The fraction of sp³-hybridized carbons (Fsp3) is 0.174. The molecule has 4 aromatic rings. The molecule has 0 aliphatic rings. The van der Waals surface area contributed by atoms with E-state index >= 15 is 0 Å². The van der Waals surface area contributed by atoms with Crippen molar-refractivity contribution in [2.75, 3.05) is 11.1 Å². The molecule has 1 aromatic heterocycles. The Morgan fingerprint density at radius 3 is 2.31 bits per heavy atom. The quantitative estimate of drug-likeness (QED) is 0.113. The lowest BCUT2D eigenvalue weighted by Crippen LogP contribution is -2.03. The van der Waals surface area contributed by atoms with Crippen molar-refractivity contribution in [3.63, 3.8) is 0 Å². The molecule has 0 saturated heterocycles. The Balaban J connectivity index is 1.67. The fourth-order valence-corrected chi connectivity index (χ4v) is 5.66. The summed E-state index contributed by atoms with van der Waals surface area (Å²) in [4.78, 5) is 10.9. The number of hydrogen-bond acceptors (Lipinski definition) is 12. The van der Waals surface area contributed by atoms with E-state index in [-0.39, 0.29) is 22.4 Å². The van der Waals surface area contributed by atoms with E-state index in [1.807, 2.05) is 6.92 Å². The topological polar surface area (TPSA) is 204 Å². The minimum atomic E-state index is -4.77. The highest BCUT2D eigenvalue weighted by Gasteiger charge is 2.21. The van der Waals surface area contributed by atoms with Crippen LogP contribution < -0.4 is 5.32 Å². The van der Waals surface area contributed by atoms with Gasteiger partial charge in [0.25, 0.3) is 20.2 Å². The van der Waals surface area contributed by atoms with E-state index in [0.29, 0.717) is 22.1 Å². The highest BCUT2D eigenvalue weighted by Crippen LogP contribution is 2.34. The van der Waals surface area contributed by atoms with Gasteiger partial charge in [0, 0.05) is 22.2 Å². The van der Waals surface area contributed by atoms with Gasteiger partial charge in [-0.25, -0.2) is 0 Å². The minimum Gasteiger partial charge on any atom is -0.479 e. The van der Waals surface area contributed by atoms with E-state index in [0.717, 1.165) is 24.3 Å². The van der Waals surface area contributed by atoms with E-state index in [1.165, 1.54) is 30.0 Å². The van der Waals surface area contributed by atoms with Crippen LogP contribution in [0.25, 0.3) is 10.8 Å². The molecule has 0 saturated carbocycles. The summed E-state index contributed by atoms with van der Waals surface area (Å²) in [5, 5.41) is 21.1. The molecule has 4 rings (SSSR count). The summed E-state index contributed by atoms with van der Waals surface area (Å²) < 4.78 is 67.0. The van der Waals surface area contributed by atoms with Crippen LogP contribution in [0.3, 0.4) is 0 Å². The summed E-state index contributed by atoms with van der Waals surface area (Å²) in [6.45, 7) is 3.76. The maximum atomic E-state index is 12.0. The first-order valence-electron chi connectivity index (χ1n) is 11.2. The first-order chi connectivity index (χ1) is 18.3. The summed E-state index contributed by atoms with van der Waals surface area (Å²) in [5.41, 5.74) is 1.55. The number of fused-ring (bicyclic) bond motifs is 1. The SMILES string of the molecule is CCCSc1nc(O)nc(Nc2ccc(/N=N/c3cc(S(=O)(=O)O)c4cccc(S(=O)(=O)O)c4c3)c(C)c2)n1. The van der Waals surface area contributed by atoms with E-state index in [9.17, 15) is 31.0 Å². The van der Waals surface area contributed by atoms with Gasteiger partial charge in [0.2, 0.25) is 5.95 Å². The summed E-state index contributed by atoms with van der Waals surface area (Å²) in [5.74, 6) is 0.931. The second-order valence-corrected chi connectivity index (χ2v) is 12.0. The lowest BCUT2D eigenvalue weighted by atomic mass is 10.1. The second kappa shape index (κ2) is 11.2. The number of aryl methyl sites for hydroxylation is 1. The van der Waals surface area contributed by atoms with Crippen LogP contribution in [0.15, 0.2) is 73.7 Å². The third-order valence-electron chi connectivity index (χ3n) is 5.22. The first-order valence-corrected chi connectivity index (χ1v) is 15.1. The van der Waals surface area contributed by atoms with Gasteiger partial charge < -0.3 is 10.4 Å². The summed E-state index contributed by atoms with van der Waals surface area (Å²) in [6.07, 6.45) is 0.910. The molecule has 0 fully saturated rings. The van der Waals surface area contributed by atoms with Crippen LogP contribution in [0.4, 0.5) is 23.0 Å². The number of nitrogens with one attached hydrogen (secondary N) is 1. The Bertz CT molecular complexity index is 1810. The molecule has 0 radical (unpaired) electrons. The van der Waals surface area contributed by atoms with Crippen LogP contribution in [0.2, 0.25) is 0 Å². The van der Waals surface area contributed by atoms with E-state index in [4.69, 9.17) is 0 Å². The van der Waals surface area contributed by atoms with Crippen molar-refractivity contribution >= 4 is 65.8 Å². The van der Waals surface area contributed by atoms with Gasteiger partial charge in [-0.1, -0.05) is 30.8 Å². The van der Waals surface area contributed by atoms with Gasteiger partial charge in [0.1, 0.15) is 9.79 Å². The molecule has 0 spiro atoms. The largest absolute Gasteiger partial charge is 0.479 e. The van der Waals surface area contributed by atoms with Gasteiger partial charge in [-0.15, -0.1) is 0 Å².